The lowest BCUT2D eigenvalue weighted by molar-refractivity contribution is -0.137. The number of amides is 2. The van der Waals surface area contributed by atoms with Crippen molar-refractivity contribution in [3.05, 3.63) is 24.3 Å². The fraction of sp³-hybridized carbons (Fsp3) is 0.556. The molecule has 0 radical (unpaired) electrons. The van der Waals surface area contributed by atoms with Gasteiger partial charge in [0.05, 0.1) is 13.0 Å². The van der Waals surface area contributed by atoms with Crippen molar-refractivity contribution in [1.82, 2.24) is 4.90 Å². The van der Waals surface area contributed by atoms with E-state index in [1.165, 1.54) is 6.42 Å². The maximum absolute atomic E-state index is 12.7. The number of rotatable bonds is 3. The molecule has 2 aliphatic heterocycles. The third-order valence-electron chi connectivity index (χ3n) is 4.81. The van der Waals surface area contributed by atoms with Crippen LogP contribution in [0.1, 0.15) is 26.2 Å². The number of nitrogens with zero attached hydrogens (tertiary/aromatic N) is 2. The lowest BCUT2D eigenvalue weighted by atomic mass is 9.98. The van der Waals surface area contributed by atoms with Crippen LogP contribution in [-0.2, 0) is 9.59 Å². The van der Waals surface area contributed by atoms with Crippen LogP contribution in [0.15, 0.2) is 24.3 Å². The van der Waals surface area contributed by atoms with Crippen molar-refractivity contribution >= 4 is 17.5 Å². The molecule has 1 aromatic rings. The van der Waals surface area contributed by atoms with E-state index >= 15 is 0 Å². The van der Waals surface area contributed by atoms with Gasteiger partial charge in [-0.1, -0.05) is 13.0 Å². The summed E-state index contributed by atoms with van der Waals surface area (Å²) >= 11 is 0. The van der Waals surface area contributed by atoms with Crippen LogP contribution in [0.25, 0.3) is 0 Å². The highest BCUT2D eigenvalue weighted by Crippen LogP contribution is 2.29. The van der Waals surface area contributed by atoms with Crippen LogP contribution >= 0.6 is 0 Å². The van der Waals surface area contributed by atoms with Gasteiger partial charge in [0, 0.05) is 37.8 Å². The number of ether oxygens (including phenoxy) is 1. The van der Waals surface area contributed by atoms with E-state index in [0.29, 0.717) is 18.9 Å². The first-order valence-electron chi connectivity index (χ1n) is 8.31. The van der Waals surface area contributed by atoms with E-state index in [9.17, 15) is 9.59 Å². The Balaban J connectivity index is 1.70. The Bertz CT molecular complexity index is 602. The van der Waals surface area contributed by atoms with Crippen molar-refractivity contribution in [3.63, 3.8) is 0 Å². The molecule has 0 spiro atoms. The quantitative estimate of drug-likeness (QED) is 0.860. The molecule has 0 aromatic heterocycles. The van der Waals surface area contributed by atoms with Gasteiger partial charge in [0.2, 0.25) is 11.8 Å². The second-order valence-corrected chi connectivity index (χ2v) is 6.64. The van der Waals surface area contributed by atoms with Gasteiger partial charge in [-0.3, -0.25) is 9.59 Å². The Morgan fingerprint density at radius 2 is 2.13 bits per heavy atom. The molecule has 5 nitrogen and oxygen atoms in total. The van der Waals surface area contributed by atoms with E-state index in [2.05, 4.69) is 6.92 Å². The standard InChI is InChI=1S/C18H24N2O3/c1-13-5-4-8-19(11-13)18(22)14-9-17(21)20(12-14)15-6-3-7-16(10-15)23-2/h3,6-7,10,13-14H,4-5,8-9,11-12H2,1-2H3/t13-,14-/m1/s1. The second-order valence-electron chi connectivity index (χ2n) is 6.64. The molecule has 2 aliphatic rings. The molecule has 0 N–H and O–H groups in total. The predicted molar refractivity (Wildman–Crippen MR) is 88.4 cm³/mol. The van der Waals surface area contributed by atoms with Gasteiger partial charge in [-0.25, -0.2) is 0 Å². The smallest absolute Gasteiger partial charge is 0.228 e. The number of benzene rings is 1. The predicted octanol–water partition coefficient (Wildman–Crippen LogP) is 2.31. The zero-order valence-corrected chi connectivity index (χ0v) is 13.8. The zero-order chi connectivity index (χ0) is 16.4. The highest BCUT2D eigenvalue weighted by atomic mass is 16.5. The highest BCUT2D eigenvalue weighted by molar-refractivity contribution is 6.00. The Morgan fingerprint density at radius 3 is 2.87 bits per heavy atom. The van der Waals surface area contributed by atoms with Gasteiger partial charge in [0.25, 0.3) is 0 Å². The van der Waals surface area contributed by atoms with E-state index in [0.717, 1.165) is 30.9 Å². The number of carbonyl (C=O) groups is 2. The summed E-state index contributed by atoms with van der Waals surface area (Å²) in [5, 5.41) is 0. The van der Waals surface area contributed by atoms with E-state index in [1.807, 2.05) is 29.2 Å². The molecular formula is C18H24N2O3. The number of carbonyl (C=O) groups excluding carboxylic acids is 2. The van der Waals surface area contributed by atoms with Crippen LogP contribution in [0.4, 0.5) is 5.69 Å². The van der Waals surface area contributed by atoms with Crippen LogP contribution < -0.4 is 9.64 Å². The first-order chi connectivity index (χ1) is 11.1. The number of methoxy groups -OCH3 is 1. The highest BCUT2D eigenvalue weighted by Gasteiger charge is 2.38. The average molecular weight is 316 g/mol. The van der Waals surface area contributed by atoms with Crippen molar-refractivity contribution in [1.29, 1.82) is 0 Å². The fourth-order valence-corrected chi connectivity index (χ4v) is 3.55. The largest absolute Gasteiger partial charge is 0.497 e. The Hall–Kier alpha value is -2.04. The molecule has 23 heavy (non-hydrogen) atoms. The zero-order valence-electron chi connectivity index (χ0n) is 13.8. The molecule has 2 amide bonds. The molecule has 124 valence electrons. The van der Waals surface area contributed by atoms with Crippen LogP contribution in [0.3, 0.4) is 0 Å². The summed E-state index contributed by atoms with van der Waals surface area (Å²) in [5.74, 6) is 1.20. The van der Waals surface area contributed by atoms with Crippen molar-refractivity contribution in [2.75, 3.05) is 31.6 Å². The van der Waals surface area contributed by atoms with Crippen molar-refractivity contribution in [2.24, 2.45) is 11.8 Å². The molecule has 0 aliphatic carbocycles. The van der Waals surface area contributed by atoms with Crippen molar-refractivity contribution in [2.45, 2.75) is 26.2 Å². The van der Waals surface area contributed by atoms with E-state index in [-0.39, 0.29) is 17.7 Å². The fourth-order valence-electron chi connectivity index (χ4n) is 3.55. The molecule has 0 unspecified atom stereocenters. The first kappa shape index (κ1) is 15.8. The lowest BCUT2D eigenvalue weighted by Gasteiger charge is -2.32. The molecule has 0 bridgehead atoms. The van der Waals surface area contributed by atoms with Gasteiger partial charge in [0.15, 0.2) is 0 Å². The number of hydrogen-bond donors (Lipinski definition) is 0. The van der Waals surface area contributed by atoms with Gasteiger partial charge in [0.1, 0.15) is 5.75 Å². The normalized spacial score (nSPS) is 24.9. The summed E-state index contributed by atoms with van der Waals surface area (Å²) in [6, 6.07) is 7.44. The molecule has 2 saturated heterocycles. The van der Waals surface area contributed by atoms with Gasteiger partial charge in [-0.2, -0.15) is 0 Å². The minimum atomic E-state index is -0.223. The van der Waals surface area contributed by atoms with Gasteiger partial charge < -0.3 is 14.5 Å². The molecule has 2 fully saturated rings. The van der Waals surface area contributed by atoms with Crippen LogP contribution in [-0.4, -0.2) is 43.5 Å². The van der Waals surface area contributed by atoms with E-state index in [4.69, 9.17) is 4.74 Å². The van der Waals surface area contributed by atoms with Crippen LogP contribution in [0, 0.1) is 11.8 Å². The SMILES string of the molecule is COc1cccc(N2C[C@H](C(=O)N3CCC[C@@H](C)C3)CC2=O)c1. The second kappa shape index (κ2) is 6.60. The van der Waals surface area contributed by atoms with Crippen LogP contribution in [0.2, 0.25) is 0 Å². The topological polar surface area (TPSA) is 49.9 Å². The molecule has 3 rings (SSSR count). The summed E-state index contributed by atoms with van der Waals surface area (Å²) in [5.41, 5.74) is 0.802. The summed E-state index contributed by atoms with van der Waals surface area (Å²) in [4.78, 5) is 28.7. The maximum atomic E-state index is 12.7. The third kappa shape index (κ3) is 3.33. The summed E-state index contributed by atoms with van der Waals surface area (Å²) < 4.78 is 5.22. The Kier molecular flexibility index (Phi) is 4.55. The molecule has 1 aromatic carbocycles. The summed E-state index contributed by atoms with van der Waals surface area (Å²) in [7, 11) is 1.61. The van der Waals surface area contributed by atoms with Crippen molar-refractivity contribution in [3.8, 4) is 5.75 Å². The molecule has 0 saturated carbocycles. The summed E-state index contributed by atoms with van der Waals surface area (Å²) in [6.07, 6.45) is 2.55. The lowest BCUT2D eigenvalue weighted by Crippen LogP contribution is -2.43. The molecular weight excluding hydrogens is 292 g/mol. The van der Waals surface area contributed by atoms with Crippen molar-refractivity contribution < 1.29 is 14.3 Å². The third-order valence-corrected chi connectivity index (χ3v) is 4.81. The number of likely N-dealkylation sites (tertiary alicyclic amines) is 1. The molecule has 2 heterocycles. The van der Waals surface area contributed by atoms with Crippen LogP contribution in [0.5, 0.6) is 5.75 Å². The van der Waals surface area contributed by atoms with E-state index in [1.54, 1.807) is 12.0 Å². The van der Waals surface area contributed by atoms with Gasteiger partial charge in [-0.05, 0) is 30.9 Å². The van der Waals surface area contributed by atoms with E-state index < -0.39 is 0 Å². The maximum Gasteiger partial charge on any atom is 0.228 e. The minimum Gasteiger partial charge on any atom is -0.497 e. The first-order valence-corrected chi connectivity index (χ1v) is 8.31. The number of hydrogen-bond acceptors (Lipinski definition) is 3. The number of piperidine rings is 1. The minimum absolute atomic E-state index is 0.0154. The molecule has 2 atom stereocenters. The van der Waals surface area contributed by atoms with Gasteiger partial charge in [-0.15, -0.1) is 0 Å². The Morgan fingerprint density at radius 1 is 1.30 bits per heavy atom. The average Bonchev–Trinajstić information content (AvgIpc) is 2.96. The number of anilines is 1. The Labute approximate surface area is 137 Å². The summed E-state index contributed by atoms with van der Waals surface area (Å²) in [6.45, 7) is 4.30. The molecule has 5 heteroatoms. The monoisotopic (exact) mass is 316 g/mol. The van der Waals surface area contributed by atoms with Gasteiger partial charge >= 0.3 is 0 Å².